The molecule has 0 aliphatic rings. The highest BCUT2D eigenvalue weighted by Crippen LogP contribution is 2.21. The van der Waals surface area contributed by atoms with Gasteiger partial charge in [-0.3, -0.25) is 4.72 Å². The van der Waals surface area contributed by atoms with E-state index in [0.29, 0.717) is 6.42 Å². The average molecular weight is 470 g/mol. The lowest BCUT2D eigenvalue weighted by atomic mass is 10.0. The van der Waals surface area contributed by atoms with Gasteiger partial charge in [0.05, 0.1) is 17.3 Å². The van der Waals surface area contributed by atoms with E-state index in [1.165, 1.54) is 28.6 Å². The van der Waals surface area contributed by atoms with Gasteiger partial charge in [-0.2, -0.15) is 4.31 Å². The van der Waals surface area contributed by atoms with Crippen molar-refractivity contribution in [3.05, 3.63) is 60.2 Å². The summed E-state index contributed by atoms with van der Waals surface area (Å²) in [6.07, 6.45) is 0.380. The second-order valence-electron chi connectivity index (χ2n) is 8.04. The third-order valence-corrected chi connectivity index (χ3v) is 7.02. The zero-order valence-corrected chi connectivity index (χ0v) is 19.6. The maximum absolute atomic E-state index is 13.2. The SMILES string of the molecule is CC(C)CN(C[C@@H](O)[C@@H](N)Cc1ccccc1)S(=O)(=O)c1ccc(NS(C)(=O)=O)cc1. The molecule has 0 bridgehead atoms. The Labute approximate surface area is 185 Å². The Morgan fingerprint density at radius 2 is 1.55 bits per heavy atom. The number of rotatable bonds is 11. The molecule has 0 aliphatic heterocycles. The molecule has 10 heteroatoms. The van der Waals surface area contributed by atoms with Crippen molar-refractivity contribution in [1.29, 1.82) is 0 Å². The molecule has 0 unspecified atom stereocenters. The van der Waals surface area contributed by atoms with Crippen molar-refractivity contribution in [3.63, 3.8) is 0 Å². The molecule has 0 spiro atoms. The molecule has 0 fully saturated rings. The molecule has 4 N–H and O–H groups in total. The molecule has 2 aromatic carbocycles. The van der Waals surface area contributed by atoms with Crippen LogP contribution in [0.3, 0.4) is 0 Å². The summed E-state index contributed by atoms with van der Waals surface area (Å²) in [6, 6.07) is 14.3. The van der Waals surface area contributed by atoms with Gasteiger partial charge in [0.2, 0.25) is 20.0 Å². The predicted octanol–water partition coefficient (Wildman–Crippen LogP) is 1.64. The van der Waals surface area contributed by atoms with Gasteiger partial charge < -0.3 is 10.8 Å². The average Bonchev–Trinajstić information content (AvgIpc) is 2.67. The highest BCUT2D eigenvalue weighted by atomic mass is 32.2. The van der Waals surface area contributed by atoms with Crippen LogP contribution in [0.2, 0.25) is 0 Å². The van der Waals surface area contributed by atoms with Crippen LogP contribution in [-0.4, -0.2) is 57.7 Å². The van der Waals surface area contributed by atoms with Gasteiger partial charge in [0.25, 0.3) is 0 Å². The fraction of sp³-hybridized carbons (Fsp3) is 0.429. The fourth-order valence-electron chi connectivity index (χ4n) is 3.10. The van der Waals surface area contributed by atoms with Crippen LogP contribution >= 0.6 is 0 Å². The standard InChI is InChI=1S/C21H31N3O5S2/c1-16(2)14-24(15-21(25)20(22)13-17-7-5-4-6-8-17)31(28,29)19-11-9-18(10-12-19)23-30(3,26)27/h4-12,16,20-21,23,25H,13-15,22H2,1-3H3/t20-,21+/m0/s1. The molecule has 0 aromatic heterocycles. The number of aliphatic hydroxyl groups is 1. The number of aliphatic hydroxyl groups excluding tert-OH is 1. The van der Waals surface area contributed by atoms with Crippen molar-refractivity contribution in [2.24, 2.45) is 11.7 Å². The maximum Gasteiger partial charge on any atom is 0.243 e. The summed E-state index contributed by atoms with van der Waals surface area (Å²) in [5.41, 5.74) is 7.38. The molecule has 0 radical (unpaired) electrons. The van der Waals surface area contributed by atoms with Crippen molar-refractivity contribution in [2.45, 2.75) is 37.3 Å². The second-order valence-corrected chi connectivity index (χ2v) is 11.7. The third kappa shape index (κ3) is 7.89. The Balaban J connectivity index is 2.19. The highest BCUT2D eigenvalue weighted by Gasteiger charge is 2.29. The van der Waals surface area contributed by atoms with Crippen LogP contribution in [0.1, 0.15) is 19.4 Å². The van der Waals surface area contributed by atoms with E-state index in [0.717, 1.165) is 11.8 Å². The van der Waals surface area contributed by atoms with Crippen LogP contribution < -0.4 is 10.5 Å². The monoisotopic (exact) mass is 469 g/mol. The first-order chi connectivity index (χ1) is 14.4. The molecule has 31 heavy (non-hydrogen) atoms. The maximum atomic E-state index is 13.2. The molecule has 0 heterocycles. The van der Waals surface area contributed by atoms with Crippen LogP contribution in [0.25, 0.3) is 0 Å². The van der Waals surface area contributed by atoms with E-state index in [-0.39, 0.29) is 29.6 Å². The minimum Gasteiger partial charge on any atom is -0.390 e. The summed E-state index contributed by atoms with van der Waals surface area (Å²) in [5.74, 6) is 0.0264. The lowest BCUT2D eigenvalue weighted by Crippen LogP contribution is -2.47. The van der Waals surface area contributed by atoms with E-state index in [2.05, 4.69) is 4.72 Å². The van der Waals surface area contributed by atoms with E-state index >= 15 is 0 Å². The van der Waals surface area contributed by atoms with Gasteiger partial charge in [-0.1, -0.05) is 44.2 Å². The zero-order valence-electron chi connectivity index (χ0n) is 18.0. The molecule has 2 rings (SSSR count). The smallest absolute Gasteiger partial charge is 0.243 e. The van der Waals surface area contributed by atoms with Gasteiger partial charge in [0.15, 0.2) is 0 Å². The Bertz CT molecular complexity index is 1040. The van der Waals surface area contributed by atoms with Gasteiger partial charge in [0, 0.05) is 24.8 Å². The quantitative estimate of drug-likeness (QED) is 0.459. The van der Waals surface area contributed by atoms with E-state index < -0.39 is 32.2 Å². The number of hydrogen-bond donors (Lipinski definition) is 3. The minimum absolute atomic E-state index is 0.0102. The van der Waals surface area contributed by atoms with Crippen LogP contribution in [-0.2, 0) is 26.5 Å². The Kier molecular flexibility index (Phi) is 8.61. The van der Waals surface area contributed by atoms with Crippen molar-refractivity contribution >= 4 is 25.7 Å². The van der Waals surface area contributed by atoms with Crippen molar-refractivity contribution in [1.82, 2.24) is 4.31 Å². The van der Waals surface area contributed by atoms with Crippen LogP contribution in [0.5, 0.6) is 0 Å². The number of sulfonamides is 2. The number of nitrogens with zero attached hydrogens (tertiary/aromatic N) is 1. The number of nitrogens with one attached hydrogen (secondary N) is 1. The molecule has 0 saturated heterocycles. The highest BCUT2D eigenvalue weighted by molar-refractivity contribution is 7.92. The van der Waals surface area contributed by atoms with Crippen LogP contribution in [0.4, 0.5) is 5.69 Å². The Morgan fingerprint density at radius 3 is 2.06 bits per heavy atom. The number of benzene rings is 2. The topological polar surface area (TPSA) is 130 Å². The lowest BCUT2D eigenvalue weighted by molar-refractivity contribution is 0.116. The van der Waals surface area contributed by atoms with Crippen molar-refractivity contribution in [2.75, 3.05) is 24.1 Å². The Hall–Kier alpha value is -1.98. The van der Waals surface area contributed by atoms with Crippen LogP contribution in [0.15, 0.2) is 59.5 Å². The van der Waals surface area contributed by atoms with Gasteiger partial charge in [-0.25, -0.2) is 16.8 Å². The number of anilines is 1. The summed E-state index contributed by atoms with van der Waals surface area (Å²) in [7, 11) is -7.38. The van der Waals surface area contributed by atoms with E-state index in [4.69, 9.17) is 5.73 Å². The number of nitrogens with two attached hydrogens (primary N) is 1. The first kappa shape index (κ1) is 25.3. The summed E-state index contributed by atoms with van der Waals surface area (Å²) in [5, 5.41) is 10.6. The summed E-state index contributed by atoms with van der Waals surface area (Å²) in [6.45, 7) is 3.84. The van der Waals surface area contributed by atoms with E-state index in [1.54, 1.807) is 0 Å². The zero-order chi connectivity index (χ0) is 23.2. The van der Waals surface area contributed by atoms with Gasteiger partial charge >= 0.3 is 0 Å². The molecule has 2 aromatic rings. The molecule has 8 nitrogen and oxygen atoms in total. The molecule has 2 atom stereocenters. The first-order valence-electron chi connectivity index (χ1n) is 9.94. The molecule has 172 valence electrons. The Morgan fingerprint density at radius 1 is 0.968 bits per heavy atom. The van der Waals surface area contributed by atoms with Gasteiger partial charge in [-0.05, 0) is 42.2 Å². The second kappa shape index (κ2) is 10.6. The van der Waals surface area contributed by atoms with Crippen LogP contribution in [0, 0.1) is 5.92 Å². The lowest BCUT2D eigenvalue weighted by Gasteiger charge is -2.28. The molecule has 0 saturated carbocycles. The molecule has 0 amide bonds. The van der Waals surface area contributed by atoms with E-state index in [1.807, 2.05) is 44.2 Å². The van der Waals surface area contributed by atoms with Crippen molar-refractivity contribution in [3.8, 4) is 0 Å². The fourth-order valence-corrected chi connectivity index (χ4v) is 5.29. The van der Waals surface area contributed by atoms with Gasteiger partial charge in [-0.15, -0.1) is 0 Å². The normalized spacial score (nSPS) is 14.5. The van der Waals surface area contributed by atoms with Crippen molar-refractivity contribution < 1.29 is 21.9 Å². The first-order valence-corrected chi connectivity index (χ1v) is 13.3. The molecular formula is C21H31N3O5S2. The number of hydrogen-bond acceptors (Lipinski definition) is 6. The summed E-state index contributed by atoms with van der Waals surface area (Å²) >= 11 is 0. The van der Waals surface area contributed by atoms with Gasteiger partial charge in [0.1, 0.15) is 0 Å². The third-order valence-electron chi connectivity index (χ3n) is 4.56. The molecule has 0 aliphatic carbocycles. The molecular weight excluding hydrogens is 438 g/mol. The van der Waals surface area contributed by atoms with E-state index in [9.17, 15) is 21.9 Å². The predicted molar refractivity (Wildman–Crippen MR) is 123 cm³/mol. The summed E-state index contributed by atoms with van der Waals surface area (Å²) in [4.78, 5) is 0.0102. The minimum atomic E-state index is -3.92. The summed E-state index contributed by atoms with van der Waals surface area (Å²) < 4.78 is 52.7. The largest absolute Gasteiger partial charge is 0.390 e.